The van der Waals surface area contributed by atoms with Crippen LogP contribution in [0.3, 0.4) is 0 Å². The van der Waals surface area contributed by atoms with E-state index in [4.69, 9.17) is 4.74 Å². The molecule has 1 rings (SSSR count). The van der Waals surface area contributed by atoms with E-state index in [9.17, 15) is 10.1 Å². The number of nitrogens with zero attached hydrogens (tertiary/aromatic N) is 2. The Hall–Kier alpha value is -2.14. The first kappa shape index (κ1) is 14.9. The maximum atomic E-state index is 10.9. The van der Waals surface area contributed by atoms with Crippen molar-refractivity contribution >= 4 is 5.69 Å². The van der Waals surface area contributed by atoms with Crippen LogP contribution in [0.15, 0.2) is 43.5 Å². The Morgan fingerprint density at radius 3 is 2.47 bits per heavy atom. The first-order chi connectivity index (χ1) is 9.12. The lowest BCUT2D eigenvalue weighted by molar-refractivity contribution is -0.385. The van der Waals surface area contributed by atoms with Gasteiger partial charge in [0.15, 0.2) is 5.75 Å². The lowest BCUT2D eigenvalue weighted by atomic mass is 10.1. The number of rotatable bonds is 8. The van der Waals surface area contributed by atoms with Gasteiger partial charge in [-0.3, -0.25) is 15.0 Å². The number of hydrogen-bond acceptors (Lipinski definition) is 4. The minimum absolute atomic E-state index is 0.0165. The fourth-order valence-corrected chi connectivity index (χ4v) is 1.80. The molecule has 5 nitrogen and oxygen atoms in total. The molecule has 0 bridgehead atoms. The Morgan fingerprint density at radius 2 is 2.00 bits per heavy atom. The summed E-state index contributed by atoms with van der Waals surface area (Å²) in [5.74, 6) is 0.271. The molecule has 1 aromatic rings. The second-order valence-electron chi connectivity index (χ2n) is 4.03. The van der Waals surface area contributed by atoms with Gasteiger partial charge in [0.1, 0.15) is 0 Å². The molecule has 0 N–H and O–H groups in total. The standard InChI is InChI=1S/C14H18N2O3/c1-4-8-15(9-5-2)11-12-6-7-14(19-3)13(10-12)16(17)18/h4-7,10H,1-2,8-9,11H2,3H3. The SMILES string of the molecule is C=CCN(CC=C)Cc1ccc(OC)c([N+](=O)[O-])c1. The highest BCUT2D eigenvalue weighted by Gasteiger charge is 2.15. The second-order valence-corrected chi connectivity index (χ2v) is 4.03. The van der Waals surface area contributed by atoms with E-state index in [1.807, 2.05) is 6.07 Å². The van der Waals surface area contributed by atoms with E-state index in [0.29, 0.717) is 19.6 Å². The van der Waals surface area contributed by atoms with Gasteiger partial charge in [0.2, 0.25) is 0 Å². The van der Waals surface area contributed by atoms with E-state index in [1.165, 1.54) is 13.2 Å². The van der Waals surface area contributed by atoms with E-state index in [2.05, 4.69) is 18.1 Å². The van der Waals surface area contributed by atoms with Crippen LogP contribution in [0.5, 0.6) is 5.75 Å². The predicted molar refractivity (Wildman–Crippen MR) is 75.3 cm³/mol. The smallest absolute Gasteiger partial charge is 0.311 e. The molecule has 0 radical (unpaired) electrons. The number of hydrogen-bond donors (Lipinski definition) is 0. The molecule has 0 amide bonds. The Balaban J connectivity index is 2.94. The van der Waals surface area contributed by atoms with Crippen LogP contribution in [-0.4, -0.2) is 30.0 Å². The van der Waals surface area contributed by atoms with Crippen LogP contribution in [0, 0.1) is 10.1 Å². The van der Waals surface area contributed by atoms with Crippen molar-refractivity contribution in [3.63, 3.8) is 0 Å². The van der Waals surface area contributed by atoms with Gasteiger partial charge in [-0.1, -0.05) is 18.2 Å². The molecule has 0 aliphatic heterocycles. The molecule has 0 unspecified atom stereocenters. The van der Waals surface area contributed by atoms with E-state index >= 15 is 0 Å². The van der Waals surface area contributed by atoms with Gasteiger partial charge in [-0.05, 0) is 11.6 Å². The molecule has 0 saturated heterocycles. The Kier molecular flexibility index (Phi) is 5.75. The second kappa shape index (κ2) is 7.33. The van der Waals surface area contributed by atoms with Gasteiger partial charge < -0.3 is 4.74 Å². The first-order valence-corrected chi connectivity index (χ1v) is 5.87. The first-order valence-electron chi connectivity index (χ1n) is 5.87. The molecule has 1 aromatic carbocycles. The van der Waals surface area contributed by atoms with Crippen LogP contribution < -0.4 is 4.74 Å². The Bertz CT molecular complexity index is 462. The van der Waals surface area contributed by atoms with Crippen molar-refractivity contribution < 1.29 is 9.66 Å². The quantitative estimate of drug-likeness (QED) is 0.410. The van der Waals surface area contributed by atoms with Crippen molar-refractivity contribution in [2.75, 3.05) is 20.2 Å². The van der Waals surface area contributed by atoms with Gasteiger partial charge in [0.25, 0.3) is 0 Å². The third-order valence-corrected chi connectivity index (χ3v) is 2.62. The molecule has 0 fully saturated rings. The van der Waals surface area contributed by atoms with E-state index in [0.717, 1.165) is 5.56 Å². The van der Waals surface area contributed by atoms with Crippen molar-refractivity contribution in [2.24, 2.45) is 0 Å². The van der Waals surface area contributed by atoms with Gasteiger partial charge in [-0.2, -0.15) is 0 Å². The summed E-state index contributed by atoms with van der Waals surface area (Å²) in [5, 5.41) is 10.9. The maximum Gasteiger partial charge on any atom is 0.311 e. The highest BCUT2D eigenvalue weighted by Crippen LogP contribution is 2.27. The molecule has 0 atom stereocenters. The summed E-state index contributed by atoms with van der Waals surface area (Å²) in [6.45, 7) is 9.39. The zero-order chi connectivity index (χ0) is 14.3. The number of benzene rings is 1. The molecular weight excluding hydrogens is 244 g/mol. The summed E-state index contributed by atoms with van der Waals surface area (Å²) in [6.07, 6.45) is 3.59. The third kappa shape index (κ3) is 4.22. The van der Waals surface area contributed by atoms with Crippen molar-refractivity contribution in [1.82, 2.24) is 4.90 Å². The van der Waals surface area contributed by atoms with Crippen LogP contribution in [0.1, 0.15) is 5.56 Å². The van der Waals surface area contributed by atoms with Crippen LogP contribution in [-0.2, 0) is 6.54 Å². The largest absolute Gasteiger partial charge is 0.490 e. The molecule has 0 saturated carbocycles. The monoisotopic (exact) mass is 262 g/mol. The van der Waals surface area contributed by atoms with Gasteiger partial charge >= 0.3 is 5.69 Å². The molecule has 19 heavy (non-hydrogen) atoms. The molecule has 0 aliphatic rings. The van der Waals surface area contributed by atoms with Crippen molar-refractivity contribution in [2.45, 2.75) is 6.54 Å². The molecule has 0 aromatic heterocycles. The van der Waals surface area contributed by atoms with Crippen LogP contribution >= 0.6 is 0 Å². The Labute approximate surface area is 112 Å². The summed E-state index contributed by atoms with van der Waals surface area (Å²) in [5.41, 5.74) is 0.841. The van der Waals surface area contributed by atoms with Crippen LogP contribution in [0.4, 0.5) is 5.69 Å². The molecule has 5 heteroatoms. The highest BCUT2D eigenvalue weighted by atomic mass is 16.6. The summed E-state index contributed by atoms with van der Waals surface area (Å²) >= 11 is 0. The molecular formula is C14H18N2O3. The lowest BCUT2D eigenvalue weighted by Gasteiger charge is -2.18. The zero-order valence-electron chi connectivity index (χ0n) is 11.0. The average Bonchev–Trinajstić information content (AvgIpc) is 2.39. The minimum atomic E-state index is -0.437. The van der Waals surface area contributed by atoms with Crippen molar-refractivity contribution in [3.05, 3.63) is 59.2 Å². The summed E-state index contributed by atoms with van der Waals surface area (Å²) in [4.78, 5) is 12.6. The number of methoxy groups -OCH3 is 1. The van der Waals surface area contributed by atoms with Crippen LogP contribution in [0.25, 0.3) is 0 Å². The van der Waals surface area contributed by atoms with Crippen molar-refractivity contribution in [1.29, 1.82) is 0 Å². The minimum Gasteiger partial charge on any atom is -0.490 e. The molecule has 102 valence electrons. The van der Waals surface area contributed by atoms with Gasteiger partial charge in [0, 0.05) is 25.7 Å². The normalized spacial score (nSPS) is 10.2. The molecule has 0 spiro atoms. The van der Waals surface area contributed by atoms with Crippen molar-refractivity contribution in [3.8, 4) is 5.75 Å². The van der Waals surface area contributed by atoms with E-state index in [1.54, 1.807) is 18.2 Å². The predicted octanol–water partition coefficient (Wildman–Crippen LogP) is 2.78. The van der Waals surface area contributed by atoms with Gasteiger partial charge in [0.05, 0.1) is 12.0 Å². The van der Waals surface area contributed by atoms with Crippen LogP contribution in [0.2, 0.25) is 0 Å². The fourth-order valence-electron chi connectivity index (χ4n) is 1.80. The van der Waals surface area contributed by atoms with Gasteiger partial charge in [-0.15, -0.1) is 13.2 Å². The fraction of sp³-hybridized carbons (Fsp3) is 0.286. The summed E-state index contributed by atoms with van der Waals surface area (Å²) in [6, 6.07) is 4.98. The maximum absolute atomic E-state index is 10.9. The summed E-state index contributed by atoms with van der Waals surface area (Å²) in [7, 11) is 1.42. The third-order valence-electron chi connectivity index (χ3n) is 2.62. The van der Waals surface area contributed by atoms with Gasteiger partial charge in [-0.25, -0.2) is 0 Å². The number of nitro groups is 1. The highest BCUT2D eigenvalue weighted by molar-refractivity contribution is 5.48. The van der Waals surface area contributed by atoms with E-state index < -0.39 is 4.92 Å². The summed E-state index contributed by atoms with van der Waals surface area (Å²) < 4.78 is 4.97. The molecule has 0 aliphatic carbocycles. The number of nitro benzene ring substituents is 1. The topological polar surface area (TPSA) is 55.6 Å². The molecule has 0 heterocycles. The van der Waals surface area contributed by atoms with E-state index in [-0.39, 0.29) is 11.4 Å². The average molecular weight is 262 g/mol. The number of ether oxygens (including phenoxy) is 1. The Morgan fingerprint density at radius 1 is 1.37 bits per heavy atom. The zero-order valence-corrected chi connectivity index (χ0v) is 11.0. The lowest BCUT2D eigenvalue weighted by Crippen LogP contribution is -2.23.